The number of benzene rings is 1. The number of rotatable bonds is 11. The zero-order chi connectivity index (χ0) is 29.2. The van der Waals surface area contributed by atoms with Crippen LogP contribution in [0.2, 0.25) is 0 Å². The fourth-order valence-electron chi connectivity index (χ4n) is 5.08. The lowest BCUT2D eigenvalue weighted by molar-refractivity contribution is 0.309. The van der Waals surface area contributed by atoms with Crippen molar-refractivity contribution in [1.29, 1.82) is 0 Å². The first-order valence-electron chi connectivity index (χ1n) is 14.0. The highest BCUT2D eigenvalue weighted by atomic mass is 15.2. The third kappa shape index (κ3) is 7.25. The number of nitrogens with zero attached hydrogens (tertiary/aromatic N) is 3. The molecule has 0 saturated carbocycles. The van der Waals surface area contributed by atoms with Crippen LogP contribution in [0.1, 0.15) is 45.6 Å². The molecule has 210 valence electrons. The van der Waals surface area contributed by atoms with Crippen LogP contribution >= 0.6 is 0 Å². The Kier molecular flexibility index (Phi) is 10.8. The molecule has 3 rings (SSSR count). The molecule has 0 aliphatic carbocycles. The van der Waals surface area contributed by atoms with Gasteiger partial charge in [0.2, 0.25) is 0 Å². The van der Waals surface area contributed by atoms with Gasteiger partial charge in [0.05, 0.1) is 17.1 Å². The largest absolute Gasteiger partial charge is 0.388 e. The molecule has 1 aliphatic rings. The molecule has 0 spiro atoms. The lowest BCUT2D eigenvalue weighted by Crippen LogP contribution is -2.33. The van der Waals surface area contributed by atoms with Crippen molar-refractivity contribution >= 4 is 27.9 Å². The van der Waals surface area contributed by atoms with Gasteiger partial charge in [0.15, 0.2) is 0 Å². The minimum Gasteiger partial charge on any atom is -0.388 e. The molecule has 5 heteroatoms. The molecule has 1 aliphatic heterocycles. The number of nitrogens with one attached hydrogen (secondary N) is 2. The Bertz CT molecular complexity index is 1420. The summed E-state index contributed by atoms with van der Waals surface area (Å²) in [6.45, 7) is 20.4. The maximum absolute atomic E-state index is 4.71. The van der Waals surface area contributed by atoms with Gasteiger partial charge in [-0.3, -0.25) is 0 Å². The van der Waals surface area contributed by atoms with E-state index in [0.717, 1.165) is 71.6 Å². The minimum absolute atomic E-state index is 0.767. The number of fused-ring (bicyclic) bond motifs is 1. The lowest BCUT2D eigenvalue weighted by Gasteiger charge is -2.35. The second-order valence-corrected chi connectivity index (χ2v) is 10.2. The Labute approximate surface area is 241 Å². The van der Waals surface area contributed by atoms with Crippen LogP contribution in [0.5, 0.6) is 0 Å². The van der Waals surface area contributed by atoms with E-state index in [1.807, 2.05) is 25.4 Å². The van der Waals surface area contributed by atoms with Crippen LogP contribution < -0.4 is 10.6 Å². The fraction of sp³-hybridized carbons (Fsp3) is 0.314. The number of anilines is 2. The summed E-state index contributed by atoms with van der Waals surface area (Å²) in [5.74, 6) is 0.767. The summed E-state index contributed by atoms with van der Waals surface area (Å²) in [5, 5.41) is 8.96. The van der Waals surface area contributed by atoms with E-state index in [9.17, 15) is 0 Å². The summed E-state index contributed by atoms with van der Waals surface area (Å²) in [5.41, 5.74) is 12.1. The van der Waals surface area contributed by atoms with Gasteiger partial charge in [-0.2, -0.15) is 0 Å². The number of pyridine rings is 1. The first-order valence-corrected chi connectivity index (χ1v) is 14.0. The molecule has 1 saturated heterocycles. The molecule has 2 N–H and O–H groups in total. The van der Waals surface area contributed by atoms with Crippen molar-refractivity contribution in [2.75, 3.05) is 44.9 Å². The van der Waals surface area contributed by atoms with Gasteiger partial charge in [0.25, 0.3) is 0 Å². The first-order chi connectivity index (χ1) is 19.3. The zero-order valence-corrected chi connectivity index (χ0v) is 25.2. The van der Waals surface area contributed by atoms with Gasteiger partial charge in [0, 0.05) is 51.5 Å². The van der Waals surface area contributed by atoms with Crippen molar-refractivity contribution in [3.63, 3.8) is 0 Å². The highest BCUT2D eigenvalue weighted by Crippen LogP contribution is 2.33. The van der Waals surface area contributed by atoms with Gasteiger partial charge in [-0.15, -0.1) is 5.73 Å². The second-order valence-electron chi connectivity index (χ2n) is 10.2. The highest BCUT2D eigenvalue weighted by Gasteiger charge is 2.19. The molecule has 40 heavy (non-hydrogen) atoms. The molecule has 1 aromatic carbocycles. The van der Waals surface area contributed by atoms with E-state index in [1.54, 1.807) is 0 Å². The monoisotopic (exact) mass is 535 g/mol. The summed E-state index contributed by atoms with van der Waals surface area (Å²) in [6.07, 6.45) is 15.3. The standard InChI is InChI=1S/C35H45N5/c1-10-14-25(5)31(13-4)28-21-29-23-35(37-24-32(29)33(22-28)36-7)38-30(12-3)20-27-16-18-40(19-17-27)34(15-11-2)26(6)39(8)9/h10,13-15,20-24,36H,1,3,6,11,16-19H2,2,4-5,7-9H3,(H,37,38)/b25-14-,31-13+,34-15+. The van der Waals surface area contributed by atoms with E-state index in [1.165, 1.54) is 22.4 Å². The molecular formula is C35H45N5. The molecule has 0 amide bonds. The Morgan fingerprint density at radius 3 is 2.50 bits per heavy atom. The van der Waals surface area contributed by atoms with E-state index < -0.39 is 0 Å². The van der Waals surface area contributed by atoms with E-state index in [0.29, 0.717) is 0 Å². The van der Waals surface area contributed by atoms with Crippen LogP contribution in [0.3, 0.4) is 0 Å². The molecule has 0 radical (unpaired) electrons. The molecule has 2 heterocycles. The number of likely N-dealkylation sites (tertiary alicyclic amines) is 1. The number of allylic oxidation sites excluding steroid dienone is 7. The van der Waals surface area contributed by atoms with E-state index in [4.69, 9.17) is 4.98 Å². The van der Waals surface area contributed by atoms with Crippen LogP contribution in [0.4, 0.5) is 11.5 Å². The van der Waals surface area contributed by atoms with Gasteiger partial charge in [0.1, 0.15) is 5.82 Å². The number of aromatic nitrogens is 1. The molecule has 1 fully saturated rings. The first kappa shape index (κ1) is 30.3. The quantitative estimate of drug-likeness (QED) is 0.224. The molecule has 1 aromatic heterocycles. The normalized spacial score (nSPS) is 14.5. The van der Waals surface area contributed by atoms with Crippen LogP contribution in [0.15, 0.2) is 108 Å². The average Bonchev–Trinajstić information content (AvgIpc) is 2.95. The van der Waals surface area contributed by atoms with Gasteiger partial charge < -0.3 is 20.4 Å². The molecule has 5 nitrogen and oxygen atoms in total. The van der Waals surface area contributed by atoms with E-state index in [2.05, 4.69) is 117 Å². The highest BCUT2D eigenvalue weighted by molar-refractivity contribution is 5.98. The van der Waals surface area contributed by atoms with Crippen molar-refractivity contribution in [2.45, 2.75) is 40.0 Å². The van der Waals surface area contributed by atoms with Crippen LogP contribution in [-0.2, 0) is 0 Å². The average molecular weight is 536 g/mol. The molecule has 2 aromatic rings. The van der Waals surface area contributed by atoms with Crippen molar-refractivity contribution in [3.8, 4) is 0 Å². The van der Waals surface area contributed by atoms with Crippen molar-refractivity contribution < 1.29 is 0 Å². The van der Waals surface area contributed by atoms with Crippen molar-refractivity contribution in [1.82, 2.24) is 14.8 Å². The lowest BCUT2D eigenvalue weighted by atomic mass is 9.95. The summed E-state index contributed by atoms with van der Waals surface area (Å²) < 4.78 is 0. The molecular weight excluding hydrogens is 490 g/mol. The Balaban J connectivity index is 1.83. The van der Waals surface area contributed by atoms with Gasteiger partial charge >= 0.3 is 0 Å². The number of piperidine rings is 1. The summed E-state index contributed by atoms with van der Waals surface area (Å²) >= 11 is 0. The minimum atomic E-state index is 0.767. The second kappa shape index (κ2) is 14.3. The number of hydrogen-bond donors (Lipinski definition) is 2. The van der Waals surface area contributed by atoms with Crippen LogP contribution in [0, 0.1) is 0 Å². The van der Waals surface area contributed by atoms with Crippen molar-refractivity contribution in [3.05, 3.63) is 114 Å². The van der Waals surface area contributed by atoms with Crippen molar-refractivity contribution in [2.24, 2.45) is 0 Å². The predicted octanol–water partition coefficient (Wildman–Crippen LogP) is 8.28. The molecule has 0 unspecified atom stereocenters. The third-order valence-electron chi connectivity index (χ3n) is 7.28. The summed E-state index contributed by atoms with van der Waals surface area (Å²) in [4.78, 5) is 9.24. The SMILES string of the molecule is C=C=C(C=C1CCN(/C(=C/CC)C(=C)N(C)C)CC1)Nc1cc2cc(C(=C/C)/C(C)=C\C=C)cc(NC)c2cn1. The summed E-state index contributed by atoms with van der Waals surface area (Å²) in [6, 6.07) is 6.48. The van der Waals surface area contributed by atoms with Gasteiger partial charge in [-0.25, -0.2) is 4.98 Å². The predicted molar refractivity (Wildman–Crippen MR) is 175 cm³/mol. The summed E-state index contributed by atoms with van der Waals surface area (Å²) in [7, 11) is 6.05. The Hall–Kier alpha value is -4.21. The zero-order valence-electron chi connectivity index (χ0n) is 25.2. The fourth-order valence-corrected chi connectivity index (χ4v) is 5.08. The smallest absolute Gasteiger partial charge is 0.131 e. The Morgan fingerprint density at radius 1 is 1.20 bits per heavy atom. The maximum atomic E-state index is 4.71. The maximum Gasteiger partial charge on any atom is 0.131 e. The number of hydrogen-bond acceptors (Lipinski definition) is 5. The van der Waals surface area contributed by atoms with E-state index in [-0.39, 0.29) is 0 Å². The van der Waals surface area contributed by atoms with Gasteiger partial charge in [-0.05, 0) is 79.5 Å². The van der Waals surface area contributed by atoms with E-state index >= 15 is 0 Å². The number of likely N-dealkylation sites (N-methyl/N-ethyl adjacent to an activating group) is 1. The molecule has 0 atom stereocenters. The van der Waals surface area contributed by atoms with Crippen LogP contribution in [0.25, 0.3) is 16.3 Å². The molecule has 0 bridgehead atoms. The third-order valence-corrected chi connectivity index (χ3v) is 7.28. The van der Waals surface area contributed by atoms with Crippen LogP contribution in [-0.4, -0.2) is 49.0 Å². The Morgan fingerprint density at radius 2 is 1.93 bits per heavy atom. The topological polar surface area (TPSA) is 43.4 Å². The van der Waals surface area contributed by atoms with Gasteiger partial charge in [-0.1, -0.05) is 56.5 Å².